The molecule has 0 amide bonds. The Hall–Kier alpha value is -4.32. The Morgan fingerprint density at radius 3 is 2.53 bits per heavy atom. The third-order valence-corrected chi connectivity index (χ3v) is 5.37. The van der Waals surface area contributed by atoms with Gasteiger partial charge >= 0.3 is 0 Å². The number of hydrogen-bond acceptors (Lipinski definition) is 5. The van der Waals surface area contributed by atoms with Crippen LogP contribution in [0.25, 0.3) is 16.9 Å². The van der Waals surface area contributed by atoms with E-state index in [0.29, 0.717) is 17.1 Å². The van der Waals surface area contributed by atoms with Gasteiger partial charge in [-0.25, -0.2) is 9.97 Å². The maximum atomic E-state index is 12.8. The number of para-hydroxylation sites is 2. The minimum atomic E-state index is -0.0895. The van der Waals surface area contributed by atoms with E-state index in [1.807, 2.05) is 96.4 Å². The molecule has 5 rings (SSSR count). The summed E-state index contributed by atoms with van der Waals surface area (Å²) in [6.45, 7) is 2.02. The van der Waals surface area contributed by atoms with Crippen LogP contribution in [0.5, 0.6) is 0 Å². The van der Waals surface area contributed by atoms with Crippen molar-refractivity contribution >= 4 is 22.8 Å². The molecule has 1 atom stereocenters. The predicted molar refractivity (Wildman–Crippen MR) is 125 cm³/mol. The zero-order valence-corrected chi connectivity index (χ0v) is 17.5. The van der Waals surface area contributed by atoms with Crippen LogP contribution in [0.15, 0.2) is 97.5 Å². The highest BCUT2D eigenvalue weighted by atomic mass is 16.1. The van der Waals surface area contributed by atoms with Gasteiger partial charge < -0.3 is 5.32 Å². The molecule has 0 aliphatic rings. The van der Waals surface area contributed by atoms with E-state index in [-0.39, 0.29) is 11.8 Å². The number of carbonyl (C=O) groups is 1. The van der Waals surface area contributed by atoms with Crippen LogP contribution in [0.2, 0.25) is 0 Å². The number of carbonyl (C=O) groups excluding carboxylic acids is 1. The molecule has 0 saturated carbocycles. The van der Waals surface area contributed by atoms with Crippen molar-refractivity contribution in [1.82, 2.24) is 19.5 Å². The number of benzene rings is 3. The maximum absolute atomic E-state index is 12.8. The molecule has 0 spiro atoms. The van der Waals surface area contributed by atoms with E-state index in [9.17, 15) is 4.79 Å². The van der Waals surface area contributed by atoms with Crippen LogP contribution in [-0.2, 0) is 0 Å². The van der Waals surface area contributed by atoms with Gasteiger partial charge in [0, 0.05) is 17.3 Å². The normalized spacial score (nSPS) is 11.9. The summed E-state index contributed by atoms with van der Waals surface area (Å²) in [5, 5.41) is 3.35. The number of anilines is 1. The molecule has 6 nitrogen and oxygen atoms in total. The fraction of sp³-hybridized carbons (Fsp3) is 0.0769. The van der Waals surface area contributed by atoms with Gasteiger partial charge in [-0.3, -0.25) is 9.36 Å². The Kier molecular flexibility index (Phi) is 5.17. The molecule has 0 unspecified atom stereocenters. The molecular weight excluding hydrogens is 398 g/mol. The van der Waals surface area contributed by atoms with Gasteiger partial charge in [-0.05, 0) is 36.8 Å². The molecule has 0 radical (unpaired) electrons. The van der Waals surface area contributed by atoms with Crippen molar-refractivity contribution in [3.8, 4) is 5.82 Å². The molecular formula is C26H21N5O. The smallest absolute Gasteiger partial charge is 0.225 e. The van der Waals surface area contributed by atoms with Crippen molar-refractivity contribution in [2.75, 3.05) is 5.32 Å². The van der Waals surface area contributed by atoms with E-state index in [2.05, 4.69) is 20.3 Å². The summed E-state index contributed by atoms with van der Waals surface area (Å²) in [4.78, 5) is 26.3. The lowest BCUT2D eigenvalue weighted by atomic mass is 9.99. The summed E-state index contributed by atoms with van der Waals surface area (Å²) in [5.74, 6) is 1.24. The lowest BCUT2D eigenvalue weighted by molar-refractivity contribution is 0.103. The minimum Gasteiger partial charge on any atom is -0.348 e. The highest BCUT2D eigenvalue weighted by Crippen LogP contribution is 2.21. The van der Waals surface area contributed by atoms with Crippen molar-refractivity contribution in [2.24, 2.45) is 0 Å². The molecule has 6 heteroatoms. The average molecular weight is 419 g/mol. The second kappa shape index (κ2) is 8.43. The van der Waals surface area contributed by atoms with Crippen LogP contribution >= 0.6 is 0 Å². The van der Waals surface area contributed by atoms with Gasteiger partial charge in [0.25, 0.3) is 0 Å². The van der Waals surface area contributed by atoms with Gasteiger partial charge in [0.1, 0.15) is 12.1 Å². The molecule has 0 saturated heterocycles. The maximum Gasteiger partial charge on any atom is 0.225 e. The summed E-state index contributed by atoms with van der Waals surface area (Å²) < 4.78 is 1.94. The summed E-state index contributed by atoms with van der Waals surface area (Å²) in [7, 11) is 0. The van der Waals surface area contributed by atoms with Gasteiger partial charge in [0.05, 0.1) is 17.1 Å². The second-order valence-electron chi connectivity index (χ2n) is 7.53. The SMILES string of the molecule is C[C@H](Nc1nccc(-n2cnc3ccccc32)n1)c1cccc(C(=O)c2ccccc2)c1. The largest absolute Gasteiger partial charge is 0.348 e. The Bertz CT molecular complexity index is 1390. The van der Waals surface area contributed by atoms with Crippen LogP contribution in [0.4, 0.5) is 5.95 Å². The standard InChI is InChI=1S/C26H21N5O/c1-18(20-10-7-11-21(16-20)25(32)19-8-3-2-4-9-19)29-26-27-15-14-24(30-26)31-17-28-22-12-5-6-13-23(22)31/h2-18H,1H3,(H,27,29,30)/t18-/m0/s1. The molecule has 0 aliphatic heterocycles. The first-order chi connectivity index (χ1) is 15.7. The number of nitrogens with one attached hydrogen (secondary N) is 1. The van der Waals surface area contributed by atoms with E-state index >= 15 is 0 Å². The number of hydrogen-bond donors (Lipinski definition) is 1. The molecule has 32 heavy (non-hydrogen) atoms. The number of rotatable bonds is 6. The molecule has 156 valence electrons. The van der Waals surface area contributed by atoms with E-state index in [0.717, 1.165) is 22.4 Å². The zero-order valence-electron chi connectivity index (χ0n) is 17.5. The van der Waals surface area contributed by atoms with Crippen LogP contribution < -0.4 is 5.32 Å². The zero-order chi connectivity index (χ0) is 21.9. The predicted octanol–water partition coefficient (Wildman–Crippen LogP) is 5.22. The van der Waals surface area contributed by atoms with Crippen molar-refractivity contribution in [3.63, 3.8) is 0 Å². The fourth-order valence-electron chi connectivity index (χ4n) is 3.68. The molecule has 0 bridgehead atoms. The Morgan fingerprint density at radius 1 is 0.875 bits per heavy atom. The van der Waals surface area contributed by atoms with Crippen LogP contribution in [-0.4, -0.2) is 25.3 Å². The number of fused-ring (bicyclic) bond motifs is 1. The fourth-order valence-corrected chi connectivity index (χ4v) is 3.68. The number of imidazole rings is 1. The van der Waals surface area contributed by atoms with Gasteiger partial charge in [-0.1, -0.05) is 60.7 Å². The number of ketones is 1. The van der Waals surface area contributed by atoms with E-state index in [4.69, 9.17) is 0 Å². The number of nitrogens with zero attached hydrogens (tertiary/aromatic N) is 4. The van der Waals surface area contributed by atoms with Crippen LogP contribution in [0, 0.1) is 0 Å². The first kappa shape index (κ1) is 19.6. The molecule has 1 N–H and O–H groups in total. The highest BCUT2D eigenvalue weighted by molar-refractivity contribution is 6.09. The van der Waals surface area contributed by atoms with Crippen molar-refractivity contribution in [2.45, 2.75) is 13.0 Å². The van der Waals surface area contributed by atoms with E-state index < -0.39 is 0 Å². The average Bonchev–Trinajstić information content (AvgIpc) is 3.29. The first-order valence-corrected chi connectivity index (χ1v) is 10.4. The summed E-state index contributed by atoms with van der Waals surface area (Å²) in [6.07, 6.45) is 3.49. The van der Waals surface area contributed by atoms with Gasteiger partial charge in [-0.15, -0.1) is 0 Å². The minimum absolute atomic E-state index is 0.00452. The molecule has 5 aromatic rings. The van der Waals surface area contributed by atoms with Crippen molar-refractivity contribution in [1.29, 1.82) is 0 Å². The number of aromatic nitrogens is 4. The quantitative estimate of drug-likeness (QED) is 0.382. The second-order valence-corrected chi connectivity index (χ2v) is 7.53. The third kappa shape index (κ3) is 3.86. The molecule has 2 aromatic heterocycles. The van der Waals surface area contributed by atoms with Crippen LogP contribution in [0.3, 0.4) is 0 Å². The van der Waals surface area contributed by atoms with Gasteiger partial charge in [0.2, 0.25) is 5.95 Å². The lowest BCUT2D eigenvalue weighted by Crippen LogP contribution is -2.11. The van der Waals surface area contributed by atoms with Gasteiger partial charge in [0.15, 0.2) is 5.78 Å². The van der Waals surface area contributed by atoms with Gasteiger partial charge in [-0.2, -0.15) is 4.98 Å². The molecule has 0 fully saturated rings. The molecule has 3 aromatic carbocycles. The first-order valence-electron chi connectivity index (χ1n) is 10.4. The van der Waals surface area contributed by atoms with Crippen molar-refractivity contribution < 1.29 is 4.79 Å². The van der Waals surface area contributed by atoms with Crippen molar-refractivity contribution in [3.05, 3.63) is 114 Å². The Balaban J connectivity index is 1.38. The Labute approximate surface area is 185 Å². The third-order valence-electron chi connectivity index (χ3n) is 5.37. The van der Waals surface area contributed by atoms with E-state index in [1.54, 1.807) is 12.5 Å². The van der Waals surface area contributed by atoms with E-state index in [1.165, 1.54) is 0 Å². The lowest BCUT2D eigenvalue weighted by Gasteiger charge is -2.16. The summed E-state index contributed by atoms with van der Waals surface area (Å²) in [6, 6.07) is 26.6. The monoisotopic (exact) mass is 419 g/mol. The molecule has 2 heterocycles. The topological polar surface area (TPSA) is 72.7 Å². The summed E-state index contributed by atoms with van der Waals surface area (Å²) >= 11 is 0. The Morgan fingerprint density at radius 2 is 1.66 bits per heavy atom. The molecule has 0 aliphatic carbocycles. The van der Waals surface area contributed by atoms with Crippen LogP contribution in [0.1, 0.15) is 34.5 Å². The summed E-state index contributed by atoms with van der Waals surface area (Å²) in [5.41, 5.74) is 4.20. The highest BCUT2D eigenvalue weighted by Gasteiger charge is 2.13.